The molecule has 0 fully saturated rings. The zero-order valence-corrected chi connectivity index (χ0v) is 12.6. The Bertz CT molecular complexity index is 764. The number of hydrogen-bond acceptors (Lipinski definition) is 3. The molecule has 2 aromatic rings. The number of allylic oxidation sites excluding steroid dienone is 1. The van der Waals surface area contributed by atoms with Crippen molar-refractivity contribution < 1.29 is 13.2 Å². The van der Waals surface area contributed by atoms with E-state index in [2.05, 4.69) is 23.1 Å². The predicted octanol–water partition coefficient (Wildman–Crippen LogP) is 4.30. The Morgan fingerprint density at radius 2 is 1.91 bits per heavy atom. The maximum absolute atomic E-state index is 13.3. The van der Waals surface area contributed by atoms with Crippen LogP contribution in [0.25, 0.3) is 22.9 Å². The number of hydrogen-bond donors (Lipinski definition) is 1. The molecule has 2 N–H and O–H groups in total. The third kappa shape index (κ3) is 3.32. The minimum Gasteiger partial charge on any atom is -0.325 e. The Kier molecular flexibility index (Phi) is 4.65. The molecular formula is C17H16F3N3. The van der Waals surface area contributed by atoms with E-state index in [0.717, 1.165) is 6.07 Å². The Hall–Kier alpha value is -2.47. The van der Waals surface area contributed by atoms with Gasteiger partial charge in [0, 0.05) is 12.1 Å². The first-order valence-corrected chi connectivity index (χ1v) is 6.85. The van der Waals surface area contributed by atoms with Crippen molar-refractivity contribution in [1.82, 2.24) is 9.97 Å². The molecule has 0 radical (unpaired) electrons. The normalized spacial score (nSPS) is 11.3. The summed E-state index contributed by atoms with van der Waals surface area (Å²) in [4.78, 5) is 8.64. The first-order chi connectivity index (χ1) is 10.8. The highest BCUT2D eigenvalue weighted by Gasteiger charge is 2.34. The molecule has 6 heteroatoms. The molecule has 0 aliphatic heterocycles. The van der Waals surface area contributed by atoms with Crippen LogP contribution in [0, 0.1) is 0 Å². The van der Waals surface area contributed by atoms with Crippen molar-refractivity contribution in [2.75, 3.05) is 0 Å². The molecule has 23 heavy (non-hydrogen) atoms. The minimum absolute atomic E-state index is 0.0359. The molecule has 0 amide bonds. The van der Waals surface area contributed by atoms with Crippen LogP contribution in [0.5, 0.6) is 0 Å². The third-order valence-corrected chi connectivity index (χ3v) is 3.27. The molecule has 0 unspecified atom stereocenters. The number of aromatic nitrogens is 2. The SMILES string of the molecule is C=Cc1nc(CN)c(-c2ccccc2C(F)(F)F)nc1C(=C)C. The monoisotopic (exact) mass is 319 g/mol. The van der Waals surface area contributed by atoms with Crippen LogP contribution in [0.1, 0.15) is 29.6 Å². The van der Waals surface area contributed by atoms with Gasteiger partial charge in [0.05, 0.1) is 28.3 Å². The average molecular weight is 319 g/mol. The Morgan fingerprint density at radius 3 is 2.43 bits per heavy atom. The van der Waals surface area contributed by atoms with E-state index in [1.807, 2.05) is 0 Å². The number of nitrogens with two attached hydrogens (primary N) is 1. The van der Waals surface area contributed by atoms with Crippen LogP contribution in [-0.4, -0.2) is 9.97 Å². The van der Waals surface area contributed by atoms with Crippen LogP contribution in [0.3, 0.4) is 0 Å². The lowest BCUT2D eigenvalue weighted by molar-refractivity contribution is -0.137. The highest BCUT2D eigenvalue weighted by Crippen LogP contribution is 2.37. The zero-order valence-electron chi connectivity index (χ0n) is 12.6. The first-order valence-electron chi connectivity index (χ1n) is 6.85. The van der Waals surface area contributed by atoms with Crippen LogP contribution in [0.4, 0.5) is 13.2 Å². The lowest BCUT2D eigenvalue weighted by atomic mass is 10.0. The van der Waals surface area contributed by atoms with Gasteiger partial charge in [0.1, 0.15) is 0 Å². The minimum atomic E-state index is -4.50. The van der Waals surface area contributed by atoms with E-state index < -0.39 is 11.7 Å². The lowest BCUT2D eigenvalue weighted by Gasteiger charge is -2.16. The smallest absolute Gasteiger partial charge is 0.325 e. The highest BCUT2D eigenvalue weighted by molar-refractivity contribution is 5.73. The first kappa shape index (κ1) is 16.9. The van der Waals surface area contributed by atoms with Gasteiger partial charge in [-0.05, 0) is 24.6 Å². The van der Waals surface area contributed by atoms with Crippen molar-refractivity contribution >= 4 is 11.6 Å². The third-order valence-electron chi connectivity index (χ3n) is 3.27. The van der Waals surface area contributed by atoms with Crippen molar-refractivity contribution in [3.63, 3.8) is 0 Å². The van der Waals surface area contributed by atoms with Crippen molar-refractivity contribution in [2.45, 2.75) is 19.6 Å². The largest absolute Gasteiger partial charge is 0.417 e. The van der Waals surface area contributed by atoms with Gasteiger partial charge in [0.2, 0.25) is 0 Å². The molecule has 1 aromatic carbocycles. The quantitative estimate of drug-likeness (QED) is 0.914. The van der Waals surface area contributed by atoms with Crippen molar-refractivity contribution in [3.8, 4) is 11.3 Å². The molecule has 3 nitrogen and oxygen atoms in total. The fraction of sp³-hybridized carbons (Fsp3) is 0.176. The maximum atomic E-state index is 13.3. The van der Waals surface area contributed by atoms with E-state index in [0.29, 0.717) is 17.0 Å². The van der Waals surface area contributed by atoms with E-state index in [1.165, 1.54) is 24.3 Å². The van der Waals surface area contributed by atoms with Gasteiger partial charge in [0.25, 0.3) is 0 Å². The van der Waals surface area contributed by atoms with E-state index in [4.69, 9.17) is 5.73 Å². The standard InChI is InChI=1S/C17H16F3N3/c1-4-13-15(10(2)3)23-16(14(9-21)22-13)11-7-5-6-8-12(11)17(18,19)20/h4-8H,1-2,9,21H2,3H3. The Balaban J connectivity index is 2.81. The molecule has 0 aliphatic carbocycles. The molecule has 0 bridgehead atoms. The molecule has 0 saturated heterocycles. The zero-order chi connectivity index (χ0) is 17.2. The fourth-order valence-corrected chi connectivity index (χ4v) is 2.24. The van der Waals surface area contributed by atoms with Crippen LogP contribution in [0.2, 0.25) is 0 Å². The molecule has 0 atom stereocenters. The topological polar surface area (TPSA) is 51.8 Å². The number of rotatable bonds is 4. The second kappa shape index (κ2) is 6.34. The summed E-state index contributed by atoms with van der Waals surface area (Å²) < 4.78 is 39.8. The number of benzene rings is 1. The molecule has 0 spiro atoms. The van der Waals surface area contributed by atoms with Crippen molar-refractivity contribution in [1.29, 1.82) is 0 Å². The van der Waals surface area contributed by atoms with Crippen LogP contribution >= 0.6 is 0 Å². The fourth-order valence-electron chi connectivity index (χ4n) is 2.24. The summed E-state index contributed by atoms with van der Waals surface area (Å²) >= 11 is 0. The molecular weight excluding hydrogens is 303 g/mol. The molecule has 2 rings (SSSR count). The molecule has 1 aromatic heterocycles. The van der Waals surface area contributed by atoms with Crippen LogP contribution < -0.4 is 5.73 Å². The summed E-state index contributed by atoms with van der Waals surface area (Å²) in [5.41, 5.74) is 6.67. The second-order valence-corrected chi connectivity index (χ2v) is 4.98. The van der Waals surface area contributed by atoms with Gasteiger partial charge in [-0.25, -0.2) is 9.97 Å². The summed E-state index contributed by atoms with van der Waals surface area (Å²) in [7, 11) is 0. The van der Waals surface area contributed by atoms with Gasteiger partial charge in [0.15, 0.2) is 0 Å². The average Bonchev–Trinajstić information content (AvgIpc) is 2.52. The van der Waals surface area contributed by atoms with E-state index in [-0.39, 0.29) is 23.5 Å². The van der Waals surface area contributed by atoms with E-state index >= 15 is 0 Å². The van der Waals surface area contributed by atoms with Crippen molar-refractivity contribution in [2.24, 2.45) is 5.73 Å². The number of halogens is 3. The molecule has 0 aliphatic rings. The van der Waals surface area contributed by atoms with Crippen LogP contribution in [-0.2, 0) is 12.7 Å². The van der Waals surface area contributed by atoms with E-state index in [9.17, 15) is 13.2 Å². The molecule has 120 valence electrons. The van der Waals surface area contributed by atoms with Crippen molar-refractivity contribution in [3.05, 3.63) is 60.1 Å². The lowest BCUT2D eigenvalue weighted by Crippen LogP contribution is -2.12. The molecule has 1 heterocycles. The number of alkyl halides is 3. The van der Waals surface area contributed by atoms with E-state index in [1.54, 1.807) is 6.92 Å². The Morgan fingerprint density at radius 1 is 1.26 bits per heavy atom. The summed E-state index contributed by atoms with van der Waals surface area (Å²) in [6.45, 7) is 9.11. The summed E-state index contributed by atoms with van der Waals surface area (Å²) in [6, 6.07) is 5.23. The Labute approximate surface area is 132 Å². The van der Waals surface area contributed by atoms with Gasteiger partial charge < -0.3 is 5.73 Å². The maximum Gasteiger partial charge on any atom is 0.417 e. The molecule has 0 saturated carbocycles. The highest BCUT2D eigenvalue weighted by atomic mass is 19.4. The summed E-state index contributed by atoms with van der Waals surface area (Å²) in [5, 5.41) is 0. The van der Waals surface area contributed by atoms with Gasteiger partial charge in [-0.15, -0.1) is 0 Å². The predicted molar refractivity (Wildman–Crippen MR) is 85.2 cm³/mol. The number of nitrogens with zero attached hydrogens (tertiary/aromatic N) is 2. The van der Waals surface area contributed by atoms with Gasteiger partial charge in [-0.2, -0.15) is 13.2 Å². The van der Waals surface area contributed by atoms with Gasteiger partial charge in [-0.3, -0.25) is 0 Å². The van der Waals surface area contributed by atoms with Crippen LogP contribution in [0.15, 0.2) is 37.4 Å². The summed E-state index contributed by atoms with van der Waals surface area (Å²) in [5.74, 6) is 0. The second-order valence-electron chi connectivity index (χ2n) is 4.98. The summed E-state index contributed by atoms with van der Waals surface area (Å²) in [6.07, 6.45) is -3.01. The van der Waals surface area contributed by atoms with Gasteiger partial charge >= 0.3 is 6.18 Å². The van der Waals surface area contributed by atoms with Gasteiger partial charge in [-0.1, -0.05) is 31.4 Å².